The molecule has 0 radical (unpaired) electrons. The van der Waals surface area contributed by atoms with Crippen molar-refractivity contribution in [1.82, 2.24) is 5.32 Å². The number of nitrogens with one attached hydrogen (secondary N) is 1. The molecule has 7 heteroatoms. The van der Waals surface area contributed by atoms with Gasteiger partial charge in [-0.2, -0.15) is 0 Å². The van der Waals surface area contributed by atoms with Crippen LogP contribution in [-0.2, 0) is 23.8 Å². The Morgan fingerprint density at radius 3 is 2.32 bits per heavy atom. The van der Waals surface area contributed by atoms with Crippen LogP contribution in [0.3, 0.4) is 0 Å². The molecule has 7 nitrogen and oxygen atoms in total. The SMILES string of the molecule is COCCOC(=O)C1=C(C)NC(C)=C(C(=O)OC(C)C)C1c1cccc(N)c1. The van der Waals surface area contributed by atoms with E-state index in [1.54, 1.807) is 45.9 Å². The Morgan fingerprint density at radius 2 is 1.75 bits per heavy atom. The molecule has 0 aromatic heterocycles. The maximum atomic E-state index is 12.9. The van der Waals surface area contributed by atoms with Crippen molar-refractivity contribution in [3.05, 3.63) is 52.4 Å². The van der Waals surface area contributed by atoms with E-state index in [0.29, 0.717) is 28.2 Å². The van der Waals surface area contributed by atoms with Gasteiger partial charge in [0.25, 0.3) is 0 Å². The number of carbonyl (C=O) groups excluding carboxylic acids is 2. The van der Waals surface area contributed by atoms with Crippen molar-refractivity contribution in [2.45, 2.75) is 39.7 Å². The first kappa shape index (κ1) is 21.5. The summed E-state index contributed by atoms with van der Waals surface area (Å²) < 4.78 is 15.7. The summed E-state index contributed by atoms with van der Waals surface area (Å²) in [5.74, 6) is -1.65. The van der Waals surface area contributed by atoms with Crippen LogP contribution >= 0.6 is 0 Å². The molecule has 28 heavy (non-hydrogen) atoms. The molecule has 1 atom stereocenters. The molecule has 0 saturated carbocycles. The first-order valence-corrected chi connectivity index (χ1v) is 9.17. The number of hydrogen-bond acceptors (Lipinski definition) is 7. The summed E-state index contributed by atoms with van der Waals surface area (Å²) in [6, 6.07) is 7.12. The largest absolute Gasteiger partial charge is 0.460 e. The van der Waals surface area contributed by atoms with Crippen LogP contribution < -0.4 is 11.1 Å². The van der Waals surface area contributed by atoms with Crippen molar-refractivity contribution in [2.24, 2.45) is 0 Å². The molecule has 0 spiro atoms. The predicted octanol–water partition coefficient (Wildman–Crippen LogP) is 2.64. The highest BCUT2D eigenvalue weighted by Gasteiger charge is 2.38. The molecule has 0 fully saturated rings. The van der Waals surface area contributed by atoms with Gasteiger partial charge in [-0.05, 0) is 45.4 Å². The summed E-state index contributed by atoms with van der Waals surface area (Å²) in [5, 5.41) is 3.11. The molecule has 0 saturated heterocycles. The number of nitrogen functional groups attached to an aromatic ring is 1. The van der Waals surface area contributed by atoms with E-state index in [2.05, 4.69) is 5.32 Å². The fourth-order valence-electron chi connectivity index (χ4n) is 3.18. The average Bonchev–Trinajstić information content (AvgIpc) is 2.60. The van der Waals surface area contributed by atoms with Gasteiger partial charge in [0.15, 0.2) is 0 Å². The van der Waals surface area contributed by atoms with E-state index in [4.69, 9.17) is 19.9 Å². The molecule has 152 valence electrons. The van der Waals surface area contributed by atoms with Gasteiger partial charge in [-0.15, -0.1) is 0 Å². The first-order chi connectivity index (χ1) is 13.3. The number of carbonyl (C=O) groups is 2. The Hall–Kier alpha value is -2.80. The Morgan fingerprint density at radius 1 is 1.11 bits per heavy atom. The second-order valence-corrected chi connectivity index (χ2v) is 6.89. The second-order valence-electron chi connectivity index (χ2n) is 6.89. The highest BCUT2D eigenvalue weighted by molar-refractivity contribution is 6.00. The summed E-state index contributed by atoms with van der Waals surface area (Å²) in [4.78, 5) is 25.7. The number of methoxy groups -OCH3 is 1. The van der Waals surface area contributed by atoms with Gasteiger partial charge in [0, 0.05) is 24.2 Å². The third-order valence-electron chi connectivity index (χ3n) is 4.31. The summed E-state index contributed by atoms with van der Waals surface area (Å²) in [7, 11) is 1.53. The van der Waals surface area contributed by atoms with Crippen molar-refractivity contribution in [1.29, 1.82) is 0 Å². The predicted molar refractivity (Wildman–Crippen MR) is 106 cm³/mol. The zero-order valence-corrected chi connectivity index (χ0v) is 17.0. The smallest absolute Gasteiger partial charge is 0.337 e. The van der Waals surface area contributed by atoms with Gasteiger partial charge in [-0.1, -0.05) is 12.1 Å². The number of nitrogens with two attached hydrogens (primary N) is 1. The zero-order chi connectivity index (χ0) is 20.8. The number of rotatable bonds is 7. The number of dihydropyridines is 1. The van der Waals surface area contributed by atoms with Crippen LogP contribution in [0.25, 0.3) is 0 Å². The van der Waals surface area contributed by atoms with E-state index >= 15 is 0 Å². The quantitative estimate of drug-likeness (QED) is 0.421. The first-order valence-electron chi connectivity index (χ1n) is 9.17. The van der Waals surface area contributed by atoms with Gasteiger partial charge in [0.05, 0.1) is 29.8 Å². The molecule has 0 bridgehead atoms. The zero-order valence-electron chi connectivity index (χ0n) is 17.0. The lowest BCUT2D eigenvalue weighted by molar-refractivity contribution is -0.143. The minimum Gasteiger partial charge on any atom is -0.460 e. The van der Waals surface area contributed by atoms with Gasteiger partial charge < -0.3 is 25.3 Å². The third-order valence-corrected chi connectivity index (χ3v) is 4.31. The number of esters is 2. The van der Waals surface area contributed by atoms with Crippen molar-refractivity contribution >= 4 is 17.6 Å². The van der Waals surface area contributed by atoms with Gasteiger partial charge in [0.1, 0.15) is 6.61 Å². The summed E-state index contributed by atoms with van der Waals surface area (Å²) in [5.41, 5.74) is 9.18. The minimum absolute atomic E-state index is 0.115. The van der Waals surface area contributed by atoms with E-state index in [-0.39, 0.29) is 19.3 Å². The van der Waals surface area contributed by atoms with Crippen LogP contribution in [0.2, 0.25) is 0 Å². The number of benzene rings is 1. The molecular formula is C21H28N2O5. The molecule has 1 aromatic rings. The minimum atomic E-state index is -0.647. The Kier molecular flexibility index (Phi) is 7.23. The lowest BCUT2D eigenvalue weighted by Crippen LogP contribution is -2.33. The molecule has 0 aliphatic carbocycles. The van der Waals surface area contributed by atoms with Gasteiger partial charge >= 0.3 is 11.9 Å². The van der Waals surface area contributed by atoms with Gasteiger partial charge in [-0.3, -0.25) is 0 Å². The van der Waals surface area contributed by atoms with Crippen LogP contribution in [0.15, 0.2) is 46.8 Å². The highest BCUT2D eigenvalue weighted by Crippen LogP contribution is 2.39. The van der Waals surface area contributed by atoms with Crippen molar-refractivity contribution in [3.63, 3.8) is 0 Å². The van der Waals surface area contributed by atoms with Crippen LogP contribution in [0.5, 0.6) is 0 Å². The normalized spacial score (nSPS) is 16.9. The third kappa shape index (κ3) is 4.92. The monoisotopic (exact) mass is 388 g/mol. The summed E-state index contributed by atoms with van der Waals surface area (Å²) in [6.07, 6.45) is -0.293. The van der Waals surface area contributed by atoms with Gasteiger partial charge in [-0.25, -0.2) is 9.59 Å². The standard InChI is InChI=1S/C21H28N2O5/c1-12(2)28-21(25)18-14(4)23-13(3)17(20(24)27-10-9-26-5)19(18)15-7-6-8-16(22)11-15/h6-8,11-12,19,23H,9-10,22H2,1-5H3. The fourth-order valence-corrected chi connectivity index (χ4v) is 3.18. The number of hydrogen-bond donors (Lipinski definition) is 2. The van der Waals surface area contributed by atoms with E-state index < -0.39 is 17.9 Å². The fraction of sp³-hybridized carbons (Fsp3) is 0.429. The van der Waals surface area contributed by atoms with Crippen LogP contribution in [0.4, 0.5) is 5.69 Å². The van der Waals surface area contributed by atoms with E-state index in [1.807, 2.05) is 6.07 Å². The molecule has 1 unspecified atom stereocenters. The lowest BCUT2D eigenvalue weighted by Gasteiger charge is -2.31. The molecule has 0 amide bonds. The molecule has 2 rings (SSSR count). The molecule has 1 aromatic carbocycles. The summed E-state index contributed by atoms with van der Waals surface area (Å²) in [6.45, 7) is 7.52. The maximum Gasteiger partial charge on any atom is 0.337 e. The van der Waals surface area contributed by atoms with Crippen LogP contribution in [0.1, 0.15) is 39.2 Å². The molecule has 1 aliphatic rings. The van der Waals surface area contributed by atoms with Gasteiger partial charge in [0.2, 0.25) is 0 Å². The van der Waals surface area contributed by atoms with E-state index in [0.717, 1.165) is 5.56 Å². The lowest BCUT2D eigenvalue weighted by atomic mass is 9.80. The van der Waals surface area contributed by atoms with Crippen molar-refractivity contribution in [2.75, 3.05) is 26.1 Å². The second kappa shape index (κ2) is 9.41. The van der Waals surface area contributed by atoms with Crippen LogP contribution in [-0.4, -0.2) is 38.4 Å². The van der Waals surface area contributed by atoms with E-state index in [9.17, 15) is 9.59 Å². The van der Waals surface area contributed by atoms with Crippen LogP contribution in [0, 0.1) is 0 Å². The Balaban J connectivity index is 2.54. The number of allylic oxidation sites excluding steroid dienone is 2. The molecule has 1 aliphatic heterocycles. The topological polar surface area (TPSA) is 99.9 Å². The average molecular weight is 388 g/mol. The van der Waals surface area contributed by atoms with E-state index in [1.165, 1.54) is 7.11 Å². The number of anilines is 1. The maximum absolute atomic E-state index is 12.9. The molecule has 3 N–H and O–H groups in total. The van der Waals surface area contributed by atoms with Crippen molar-refractivity contribution < 1.29 is 23.8 Å². The number of ether oxygens (including phenoxy) is 3. The summed E-state index contributed by atoms with van der Waals surface area (Å²) >= 11 is 0. The Labute approximate surface area is 165 Å². The molecule has 1 heterocycles. The highest BCUT2D eigenvalue weighted by atomic mass is 16.6. The van der Waals surface area contributed by atoms with Crippen molar-refractivity contribution in [3.8, 4) is 0 Å². The Bertz CT molecular complexity index is 811. The molecular weight excluding hydrogens is 360 g/mol.